The van der Waals surface area contributed by atoms with Gasteiger partial charge in [-0.2, -0.15) is 5.26 Å². The highest BCUT2D eigenvalue weighted by molar-refractivity contribution is 5.94. The Morgan fingerprint density at radius 3 is 2.48 bits per heavy atom. The fraction of sp³-hybridized carbons (Fsp3) is 0.353. The monoisotopic (exact) mass is 309 g/mol. The van der Waals surface area contributed by atoms with E-state index < -0.39 is 0 Å². The molecule has 0 unspecified atom stereocenters. The van der Waals surface area contributed by atoms with Gasteiger partial charge in [0.2, 0.25) is 0 Å². The van der Waals surface area contributed by atoms with Crippen LogP contribution in [0.4, 0.5) is 0 Å². The number of hydrogen-bond donors (Lipinski definition) is 0. The van der Waals surface area contributed by atoms with Gasteiger partial charge in [0.05, 0.1) is 18.0 Å². The molecule has 3 rings (SSSR count). The van der Waals surface area contributed by atoms with Crippen LogP contribution in [0.15, 0.2) is 43.0 Å². The van der Waals surface area contributed by atoms with E-state index in [1.165, 1.54) is 0 Å². The van der Waals surface area contributed by atoms with Crippen LogP contribution in [0.25, 0.3) is 0 Å². The van der Waals surface area contributed by atoms with Crippen molar-refractivity contribution in [3.8, 4) is 6.07 Å². The summed E-state index contributed by atoms with van der Waals surface area (Å²) in [6.45, 7) is 5.14. The number of amides is 1. The molecule has 1 saturated heterocycles. The Bertz CT molecular complexity index is 679. The molecule has 0 saturated carbocycles. The summed E-state index contributed by atoms with van der Waals surface area (Å²) in [5.41, 5.74) is 1.22. The summed E-state index contributed by atoms with van der Waals surface area (Å²) in [4.78, 5) is 20.7. The largest absolute Gasteiger partial charge is 0.336 e. The van der Waals surface area contributed by atoms with Crippen LogP contribution in [0.5, 0.6) is 0 Å². The molecule has 23 heavy (non-hydrogen) atoms. The first-order valence-corrected chi connectivity index (χ1v) is 7.74. The number of carbonyl (C=O) groups is 1. The van der Waals surface area contributed by atoms with Crippen molar-refractivity contribution in [2.45, 2.75) is 6.54 Å². The number of nitrogens with zero attached hydrogens (tertiary/aromatic N) is 5. The third-order valence-electron chi connectivity index (χ3n) is 4.15. The van der Waals surface area contributed by atoms with E-state index in [1.54, 1.807) is 30.5 Å². The van der Waals surface area contributed by atoms with Gasteiger partial charge in [-0.1, -0.05) is 0 Å². The van der Waals surface area contributed by atoms with Gasteiger partial charge in [0.25, 0.3) is 5.91 Å². The van der Waals surface area contributed by atoms with Crippen molar-refractivity contribution in [2.24, 2.45) is 0 Å². The first kappa shape index (κ1) is 15.3. The third-order valence-corrected chi connectivity index (χ3v) is 4.15. The molecule has 0 aliphatic carbocycles. The van der Waals surface area contributed by atoms with Crippen LogP contribution in [0.1, 0.15) is 15.9 Å². The number of rotatable bonds is 4. The lowest BCUT2D eigenvalue weighted by Gasteiger charge is -2.34. The van der Waals surface area contributed by atoms with Crippen molar-refractivity contribution in [1.82, 2.24) is 19.4 Å². The van der Waals surface area contributed by atoms with Crippen LogP contribution in [-0.4, -0.2) is 58.0 Å². The molecule has 1 fully saturated rings. The van der Waals surface area contributed by atoms with Gasteiger partial charge in [-0.15, -0.1) is 0 Å². The summed E-state index contributed by atoms with van der Waals surface area (Å²) in [6.07, 6.45) is 5.57. The van der Waals surface area contributed by atoms with Crippen LogP contribution >= 0.6 is 0 Å². The summed E-state index contributed by atoms with van der Waals surface area (Å²) >= 11 is 0. The second kappa shape index (κ2) is 7.07. The van der Waals surface area contributed by atoms with Crippen molar-refractivity contribution in [2.75, 3.05) is 32.7 Å². The van der Waals surface area contributed by atoms with Crippen molar-refractivity contribution in [1.29, 1.82) is 5.26 Å². The summed E-state index contributed by atoms with van der Waals surface area (Å²) in [6, 6.07) is 8.90. The Labute approximate surface area is 135 Å². The van der Waals surface area contributed by atoms with E-state index in [1.807, 2.05) is 17.4 Å². The Balaban J connectivity index is 1.49. The van der Waals surface area contributed by atoms with E-state index >= 15 is 0 Å². The Morgan fingerprint density at radius 1 is 1.13 bits per heavy atom. The standard InChI is InChI=1S/C17H19N5O/c18-13-15-1-3-16(4-2-15)17(23)22-11-9-20(10-12-22)7-8-21-6-5-19-14-21/h1-6,14H,7-12H2. The second-order valence-corrected chi connectivity index (χ2v) is 5.62. The van der Waals surface area contributed by atoms with Crippen molar-refractivity contribution in [3.63, 3.8) is 0 Å². The maximum absolute atomic E-state index is 12.5. The van der Waals surface area contributed by atoms with Crippen LogP contribution < -0.4 is 0 Å². The zero-order valence-corrected chi connectivity index (χ0v) is 12.9. The number of aromatic nitrogens is 2. The van der Waals surface area contributed by atoms with Crippen LogP contribution in [0.3, 0.4) is 0 Å². The molecule has 6 heteroatoms. The molecular weight excluding hydrogens is 290 g/mol. The summed E-state index contributed by atoms with van der Waals surface area (Å²) in [7, 11) is 0. The third kappa shape index (κ3) is 3.76. The highest BCUT2D eigenvalue weighted by atomic mass is 16.2. The molecule has 0 bridgehead atoms. The molecule has 118 valence electrons. The van der Waals surface area contributed by atoms with E-state index in [0.29, 0.717) is 11.1 Å². The molecule has 1 aromatic carbocycles. The predicted octanol–water partition coefficient (Wildman–Crippen LogP) is 1.21. The lowest BCUT2D eigenvalue weighted by atomic mass is 10.1. The van der Waals surface area contributed by atoms with Gasteiger partial charge in [0.1, 0.15) is 0 Å². The van der Waals surface area contributed by atoms with Crippen LogP contribution in [0, 0.1) is 11.3 Å². The Morgan fingerprint density at radius 2 is 1.87 bits per heavy atom. The molecule has 0 spiro atoms. The van der Waals surface area contributed by atoms with E-state index in [-0.39, 0.29) is 5.91 Å². The minimum absolute atomic E-state index is 0.0451. The molecule has 6 nitrogen and oxygen atoms in total. The van der Waals surface area contributed by atoms with Crippen molar-refractivity contribution >= 4 is 5.91 Å². The molecule has 0 atom stereocenters. The minimum Gasteiger partial charge on any atom is -0.336 e. The molecule has 1 aliphatic rings. The number of piperazine rings is 1. The molecule has 1 aromatic heterocycles. The zero-order valence-electron chi connectivity index (χ0n) is 12.9. The maximum Gasteiger partial charge on any atom is 0.253 e. The number of nitriles is 1. The number of imidazole rings is 1. The SMILES string of the molecule is N#Cc1ccc(C(=O)N2CCN(CCn3ccnc3)CC2)cc1. The average Bonchev–Trinajstić information content (AvgIpc) is 3.13. The molecule has 1 amide bonds. The molecule has 2 heterocycles. The van der Waals surface area contributed by atoms with Gasteiger partial charge < -0.3 is 9.47 Å². The predicted molar refractivity (Wildman–Crippen MR) is 85.7 cm³/mol. The average molecular weight is 309 g/mol. The van der Waals surface area contributed by atoms with Gasteiger partial charge in [0, 0.05) is 57.2 Å². The van der Waals surface area contributed by atoms with Gasteiger partial charge in [-0.25, -0.2) is 4.98 Å². The van der Waals surface area contributed by atoms with Gasteiger partial charge in [0.15, 0.2) is 0 Å². The van der Waals surface area contributed by atoms with Crippen molar-refractivity contribution < 1.29 is 4.79 Å². The van der Waals surface area contributed by atoms with Gasteiger partial charge >= 0.3 is 0 Å². The number of benzene rings is 1. The number of carbonyl (C=O) groups excluding carboxylic acids is 1. The van der Waals surface area contributed by atoms with Crippen molar-refractivity contribution in [3.05, 3.63) is 54.1 Å². The lowest BCUT2D eigenvalue weighted by Crippen LogP contribution is -2.49. The second-order valence-electron chi connectivity index (χ2n) is 5.62. The van der Waals surface area contributed by atoms with E-state index in [0.717, 1.165) is 39.3 Å². The van der Waals surface area contributed by atoms with E-state index in [9.17, 15) is 4.79 Å². The molecule has 2 aromatic rings. The zero-order chi connectivity index (χ0) is 16.1. The normalized spacial score (nSPS) is 15.3. The Hall–Kier alpha value is -2.65. The smallest absolute Gasteiger partial charge is 0.253 e. The highest BCUT2D eigenvalue weighted by Crippen LogP contribution is 2.10. The molecule has 1 aliphatic heterocycles. The number of hydrogen-bond acceptors (Lipinski definition) is 4. The summed E-state index contributed by atoms with van der Waals surface area (Å²) in [5, 5.41) is 8.81. The fourth-order valence-corrected chi connectivity index (χ4v) is 2.72. The lowest BCUT2D eigenvalue weighted by molar-refractivity contribution is 0.0633. The van der Waals surface area contributed by atoms with E-state index in [2.05, 4.69) is 20.5 Å². The van der Waals surface area contributed by atoms with Crippen LogP contribution in [-0.2, 0) is 6.54 Å². The fourth-order valence-electron chi connectivity index (χ4n) is 2.72. The van der Waals surface area contributed by atoms with Gasteiger partial charge in [-0.05, 0) is 24.3 Å². The molecule has 0 N–H and O–H groups in total. The van der Waals surface area contributed by atoms with Gasteiger partial charge in [-0.3, -0.25) is 9.69 Å². The minimum atomic E-state index is 0.0451. The van der Waals surface area contributed by atoms with E-state index in [4.69, 9.17) is 5.26 Å². The molecular formula is C17H19N5O. The Kier molecular flexibility index (Phi) is 4.69. The maximum atomic E-state index is 12.5. The highest BCUT2D eigenvalue weighted by Gasteiger charge is 2.21. The quantitative estimate of drug-likeness (QED) is 0.851. The van der Waals surface area contributed by atoms with Crippen LogP contribution in [0.2, 0.25) is 0 Å². The summed E-state index contributed by atoms with van der Waals surface area (Å²) in [5.74, 6) is 0.0451. The summed E-state index contributed by atoms with van der Waals surface area (Å²) < 4.78 is 2.06. The first-order chi connectivity index (χ1) is 11.3. The topological polar surface area (TPSA) is 65.2 Å². The first-order valence-electron chi connectivity index (χ1n) is 7.74. The molecule has 0 radical (unpaired) electrons.